The van der Waals surface area contributed by atoms with Crippen LogP contribution in [0.4, 0.5) is 0 Å². The Balaban J connectivity index is 1.91. The van der Waals surface area contributed by atoms with Gasteiger partial charge in [0.15, 0.2) is 0 Å². The summed E-state index contributed by atoms with van der Waals surface area (Å²) >= 11 is 2.05. The van der Waals surface area contributed by atoms with Crippen molar-refractivity contribution in [2.75, 3.05) is 13.7 Å². The summed E-state index contributed by atoms with van der Waals surface area (Å²) in [5.41, 5.74) is -0.279. The molecule has 0 amide bonds. The molecule has 1 saturated heterocycles. The standard InChI is InChI=1S/C13H22N2OS/c1-10-12(5-7-16-10)17-11-4-3-6-13(8-11,9-14)15-2/h10-12,15H,3-8H2,1-2H3. The Kier molecular flexibility index (Phi) is 4.35. The van der Waals surface area contributed by atoms with Crippen LogP contribution in [-0.4, -0.2) is 35.8 Å². The highest BCUT2D eigenvalue weighted by Gasteiger charge is 2.37. The minimum atomic E-state index is -0.279. The lowest BCUT2D eigenvalue weighted by molar-refractivity contribution is 0.127. The predicted octanol–water partition coefficient (Wildman–Crippen LogP) is 2.32. The molecule has 0 radical (unpaired) electrons. The molecule has 0 aromatic carbocycles. The lowest BCUT2D eigenvalue weighted by Crippen LogP contribution is -2.46. The molecule has 3 nitrogen and oxygen atoms in total. The highest BCUT2D eigenvalue weighted by atomic mass is 32.2. The van der Waals surface area contributed by atoms with Crippen molar-refractivity contribution in [1.29, 1.82) is 5.26 Å². The summed E-state index contributed by atoms with van der Waals surface area (Å²) in [6, 6.07) is 2.48. The Labute approximate surface area is 108 Å². The molecule has 2 fully saturated rings. The molecule has 1 saturated carbocycles. The minimum Gasteiger partial charge on any atom is -0.377 e. The number of hydrogen-bond donors (Lipinski definition) is 1. The van der Waals surface area contributed by atoms with Crippen LogP contribution in [0.15, 0.2) is 0 Å². The SMILES string of the molecule is CNC1(C#N)CCCC(SC2CCOC2C)C1. The van der Waals surface area contributed by atoms with Gasteiger partial charge in [-0.1, -0.05) is 0 Å². The van der Waals surface area contributed by atoms with E-state index in [-0.39, 0.29) is 5.54 Å². The zero-order valence-electron chi connectivity index (χ0n) is 10.7. The van der Waals surface area contributed by atoms with Crippen molar-refractivity contribution in [1.82, 2.24) is 5.32 Å². The third-order valence-corrected chi connectivity index (χ3v) is 5.83. The summed E-state index contributed by atoms with van der Waals surface area (Å²) in [5, 5.41) is 13.8. The fraction of sp³-hybridized carbons (Fsp3) is 0.923. The number of ether oxygens (including phenoxy) is 1. The molecule has 0 aromatic heterocycles. The zero-order chi connectivity index (χ0) is 12.3. The second-order valence-corrected chi connectivity index (χ2v) is 6.75. The number of thioether (sulfide) groups is 1. The van der Waals surface area contributed by atoms with Gasteiger partial charge in [-0.3, -0.25) is 0 Å². The van der Waals surface area contributed by atoms with Crippen molar-refractivity contribution < 1.29 is 4.74 Å². The van der Waals surface area contributed by atoms with E-state index >= 15 is 0 Å². The highest BCUT2D eigenvalue weighted by Crippen LogP contribution is 2.39. The van der Waals surface area contributed by atoms with Gasteiger partial charge >= 0.3 is 0 Å². The van der Waals surface area contributed by atoms with Crippen LogP contribution in [-0.2, 0) is 4.74 Å². The van der Waals surface area contributed by atoms with Gasteiger partial charge in [-0.25, -0.2) is 0 Å². The molecule has 1 heterocycles. The topological polar surface area (TPSA) is 45.0 Å². The lowest BCUT2D eigenvalue weighted by Gasteiger charge is -2.36. The third kappa shape index (κ3) is 2.96. The summed E-state index contributed by atoms with van der Waals surface area (Å²) < 4.78 is 5.61. The molecule has 1 N–H and O–H groups in total. The molecule has 0 aromatic rings. The Morgan fingerprint density at radius 1 is 1.47 bits per heavy atom. The molecule has 4 unspecified atom stereocenters. The first kappa shape index (κ1) is 13.2. The molecule has 96 valence electrons. The maximum Gasteiger partial charge on any atom is 0.107 e. The van der Waals surface area contributed by atoms with Crippen LogP contribution in [0.5, 0.6) is 0 Å². The fourth-order valence-corrected chi connectivity index (χ4v) is 4.57. The van der Waals surface area contributed by atoms with Gasteiger partial charge in [0.05, 0.1) is 12.2 Å². The quantitative estimate of drug-likeness (QED) is 0.839. The van der Waals surface area contributed by atoms with Crippen LogP contribution in [0, 0.1) is 11.3 Å². The first-order chi connectivity index (χ1) is 8.19. The maximum absolute atomic E-state index is 9.33. The molecule has 4 atom stereocenters. The summed E-state index contributed by atoms with van der Waals surface area (Å²) in [7, 11) is 1.91. The summed E-state index contributed by atoms with van der Waals surface area (Å²) in [6.07, 6.45) is 5.93. The van der Waals surface area contributed by atoms with Crippen LogP contribution < -0.4 is 5.32 Å². The third-order valence-electron chi connectivity index (χ3n) is 4.07. The van der Waals surface area contributed by atoms with Crippen LogP contribution in [0.3, 0.4) is 0 Å². The van der Waals surface area contributed by atoms with Crippen molar-refractivity contribution in [3.8, 4) is 6.07 Å². The Morgan fingerprint density at radius 2 is 2.29 bits per heavy atom. The predicted molar refractivity (Wildman–Crippen MR) is 71.1 cm³/mol. The second-order valence-electron chi connectivity index (χ2n) is 5.20. The highest BCUT2D eigenvalue weighted by molar-refractivity contribution is 8.00. The van der Waals surface area contributed by atoms with Crippen molar-refractivity contribution in [2.45, 2.75) is 61.2 Å². The molecular formula is C13H22N2OS. The smallest absolute Gasteiger partial charge is 0.107 e. The van der Waals surface area contributed by atoms with E-state index in [0.717, 1.165) is 25.9 Å². The van der Waals surface area contributed by atoms with Crippen molar-refractivity contribution in [2.24, 2.45) is 0 Å². The van der Waals surface area contributed by atoms with Crippen LogP contribution in [0.1, 0.15) is 39.0 Å². The summed E-state index contributed by atoms with van der Waals surface area (Å²) in [5.74, 6) is 0. The molecule has 0 bridgehead atoms. The molecule has 1 aliphatic carbocycles. The Bertz CT molecular complexity index is 304. The van der Waals surface area contributed by atoms with Crippen LogP contribution in [0.2, 0.25) is 0 Å². The largest absolute Gasteiger partial charge is 0.377 e. The lowest BCUT2D eigenvalue weighted by atomic mass is 9.83. The van der Waals surface area contributed by atoms with Crippen molar-refractivity contribution in [3.05, 3.63) is 0 Å². The van der Waals surface area contributed by atoms with Gasteiger partial charge in [0.25, 0.3) is 0 Å². The van der Waals surface area contributed by atoms with E-state index < -0.39 is 0 Å². The van der Waals surface area contributed by atoms with Crippen molar-refractivity contribution >= 4 is 11.8 Å². The van der Waals surface area contributed by atoms with E-state index in [0.29, 0.717) is 16.6 Å². The van der Waals surface area contributed by atoms with E-state index in [2.05, 4.69) is 30.1 Å². The van der Waals surface area contributed by atoms with Crippen molar-refractivity contribution in [3.63, 3.8) is 0 Å². The number of nitriles is 1. The minimum absolute atomic E-state index is 0.279. The van der Waals surface area contributed by atoms with E-state index in [1.807, 2.05) is 7.05 Å². The van der Waals surface area contributed by atoms with Gasteiger partial charge in [0.1, 0.15) is 5.54 Å². The number of hydrogen-bond acceptors (Lipinski definition) is 4. The van der Waals surface area contributed by atoms with Gasteiger partial charge < -0.3 is 10.1 Å². The van der Waals surface area contributed by atoms with E-state index in [1.54, 1.807) is 0 Å². The molecule has 17 heavy (non-hydrogen) atoms. The number of rotatable bonds is 3. The van der Waals surface area contributed by atoms with Crippen LogP contribution in [0.25, 0.3) is 0 Å². The monoisotopic (exact) mass is 254 g/mol. The average molecular weight is 254 g/mol. The fourth-order valence-electron chi connectivity index (χ4n) is 2.86. The molecular weight excluding hydrogens is 232 g/mol. The van der Waals surface area contributed by atoms with Gasteiger partial charge in [-0.15, -0.1) is 0 Å². The molecule has 4 heteroatoms. The normalized spacial score (nSPS) is 42.3. The van der Waals surface area contributed by atoms with E-state index in [4.69, 9.17) is 4.74 Å². The molecule has 0 spiro atoms. The summed E-state index contributed by atoms with van der Waals surface area (Å²) in [6.45, 7) is 3.07. The Morgan fingerprint density at radius 3 is 2.88 bits per heavy atom. The average Bonchev–Trinajstić information content (AvgIpc) is 2.75. The second kappa shape index (κ2) is 5.60. The Hall–Kier alpha value is -0.240. The van der Waals surface area contributed by atoms with Gasteiger partial charge in [-0.05, 0) is 46.1 Å². The first-order valence-corrected chi connectivity index (χ1v) is 7.50. The van der Waals surface area contributed by atoms with Gasteiger partial charge in [-0.2, -0.15) is 17.0 Å². The van der Waals surface area contributed by atoms with Gasteiger partial charge in [0.2, 0.25) is 0 Å². The van der Waals surface area contributed by atoms with E-state index in [9.17, 15) is 5.26 Å². The van der Waals surface area contributed by atoms with Crippen LogP contribution >= 0.6 is 11.8 Å². The maximum atomic E-state index is 9.33. The van der Waals surface area contributed by atoms with E-state index in [1.165, 1.54) is 12.8 Å². The van der Waals surface area contributed by atoms with Gasteiger partial charge in [0, 0.05) is 17.1 Å². The molecule has 2 aliphatic rings. The first-order valence-electron chi connectivity index (χ1n) is 6.56. The molecule has 1 aliphatic heterocycles. The molecule has 2 rings (SSSR count). The zero-order valence-corrected chi connectivity index (χ0v) is 11.6. The number of nitrogens with zero attached hydrogens (tertiary/aromatic N) is 1. The summed E-state index contributed by atoms with van der Waals surface area (Å²) in [4.78, 5) is 0. The number of nitrogens with one attached hydrogen (secondary N) is 1.